The van der Waals surface area contributed by atoms with Gasteiger partial charge in [-0.05, 0) is 171 Å². The summed E-state index contributed by atoms with van der Waals surface area (Å²) in [5.74, 6) is 0. The first-order chi connectivity index (χ1) is 29.7. The largest absolute Gasteiger partial charge is 0.0620 e. The van der Waals surface area contributed by atoms with Crippen molar-refractivity contribution in [3.8, 4) is 44.5 Å². The van der Waals surface area contributed by atoms with Gasteiger partial charge in [0.1, 0.15) is 0 Å². The fourth-order valence-electron chi connectivity index (χ4n) is 12.7. The summed E-state index contributed by atoms with van der Waals surface area (Å²) < 4.78 is 0. The lowest BCUT2D eigenvalue weighted by Crippen LogP contribution is -2.25. The Kier molecular flexibility index (Phi) is 6.47. The summed E-state index contributed by atoms with van der Waals surface area (Å²) in [6.45, 7) is 0. The van der Waals surface area contributed by atoms with E-state index in [0.29, 0.717) is 0 Å². The van der Waals surface area contributed by atoms with Crippen molar-refractivity contribution in [1.82, 2.24) is 0 Å². The molecule has 0 bridgehead atoms. The van der Waals surface area contributed by atoms with Gasteiger partial charge in [-0.3, -0.25) is 0 Å². The molecule has 14 rings (SSSR count). The van der Waals surface area contributed by atoms with E-state index >= 15 is 0 Å². The zero-order valence-corrected chi connectivity index (χ0v) is 33.3. The Morgan fingerprint density at radius 3 is 1.05 bits per heavy atom. The highest BCUT2D eigenvalue weighted by Gasteiger charge is 2.48. The molecule has 0 N–H and O–H groups in total. The average Bonchev–Trinajstić information content (AvgIpc) is 4.04. The summed E-state index contributed by atoms with van der Waals surface area (Å²) in [5, 5.41) is 7.86. The third kappa shape index (κ3) is 4.26. The molecule has 4 aliphatic rings. The van der Waals surface area contributed by atoms with Crippen LogP contribution < -0.4 is 0 Å². The lowest BCUT2D eigenvalue weighted by molar-refractivity contribution is 0.564. The quantitative estimate of drug-likeness (QED) is 0.154. The Balaban J connectivity index is 0.982. The molecular weight excluding hydrogens is 721 g/mol. The third-order valence-electron chi connectivity index (χ3n) is 15.2. The first-order valence-electron chi connectivity index (χ1n) is 21.7. The van der Waals surface area contributed by atoms with Crippen LogP contribution >= 0.6 is 0 Å². The lowest BCUT2D eigenvalue weighted by Gasteiger charge is -2.27. The molecule has 10 aromatic rings. The van der Waals surface area contributed by atoms with Crippen LogP contribution in [0.3, 0.4) is 0 Å². The van der Waals surface area contributed by atoms with Crippen LogP contribution in [0.25, 0.3) is 76.8 Å². The lowest BCUT2D eigenvalue weighted by atomic mass is 9.75. The molecule has 10 aromatic carbocycles. The fraction of sp³-hybridized carbons (Fsp3) is 0.100. The van der Waals surface area contributed by atoms with Gasteiger partial charge in [0.15, 0.2) is 0 Å². The van der Waals surface area contributed by atoms with Gasteiger partial charge in [-0.2, -0.15) is 0 Å². The van der Waals surface area contributed by atoms with Crippen molar-refractivity contribution in [2.75, 3.05) is 0 Å². The molecule has 0 heteroatoms. The molecule has 0 amide bonds. The van der Waals surface area contributed by atoms with Crippen LogP contribution in [-0.4, -0.2) is 0 Å². The second-order valence-electron chi connectivity index (χ2n) is 18.1. The van der Waals surface area contributed by atoms with E-state index in [1.54, 1.807) is 0 Å². The molecule has 0 aromatic heterocycles. The molecule has 2 spiro atoms. The maximum Gasteiger partial charge on any atom is 0.0296 e. The number of fused-ring (bicyclic) bond motifs is 17. The highest BCUT2D eigenvalue weighted by molar-refractivity contribution is 6.25. The highest BCUT2D eigenvalue weighted by atomic mass is 14.5. The van der Waals surface area contributed by atoms with Gasteiger partial charge in [0.05, 0.1) is 0 Å². The van der Waals surface area contributed by atoms with Gasteiger partial charge in [-0.1, -0.05) is 170 Å². The summed E-state index contributed by atoms with van der Waals surface area (Å²) in [5.41, 5.74) is 22.5. The molecule has 60 heavy (non-hydrogen) atoms. The van der Waals surface area contributed by atoms with E-state index in [-0.39, 0.29) is 10.8 Å². The minimum absolute atomic E-state index is 0.0487. The van der Waals surface area contributed by atoms with Crippen LogP contribution in [0.15, 0.2) is 194 Å². The normalized spacial score (nSPS) is 15.7. The molecule has 0 saturated heterocycles. The number of benzene rings is 10. The van der Waals surface area contributed by atoms with Crippen molar-refractivity contribution in [3.05, 3.63) is 239 Å². The summed E-state index contributed by atoms with van der Waals surface area (Å²) >= 11 is 0. The van der Waals surface area contributed by atoms with Gasteiger partial charge in [0.25, 0.3) is 0 Å². The van der Waals surface area contributed by atoms with E-state index in [2.05, 4.69) is 194 Å². The number of rotatable bonds is 2. The number of hydrogen-bond donors (Lipinski definition) is 0. The Hall–Kier alpha value is -7.02. The minimum atomic E-state index is -0.0487. The fourth-order valence-corrected chi connectivity index (χ4v) is 12.7. The van der Waals surface area contributed by atoms with Crippen LogP contribution in [0, 0.1) is 0 Å². The maximum absolute atomic E-state index is 2.56. The van der Waals surface area contributed by atoms with Gasteiger partial charge in [0.2, 0.25) is 0 Å². The van der Waals surface area contributed by atoms with E-state index in [1.165, 1.54) is 121 Å². The van der Waals surface area contributed by atoms with Crippen LogP contribution in [0.4, 0.5) is 0 Å². The molecule has 280 valence electrons. The van der Waals surface area contributed by atoms with Gasteiger partial charge in [-0.15, -0.1) is 0 Å². The summed E-state index contributed by atoms with van der Waals surface area (Å²) in [7, 11) is 0. The van der Waals surface area contributed by atoms with E-state index in [1.807, 2.05) is 0 Å². The predicted octanol–water partition coefficient (Wildman–Crippen LogP) is 14.6. The minimum Gasteiger partial charge on any atom is -0.0620 e. The topological polar surface area (TPSA) is 0 Å². The van der Waals surface area contributed by atoms with Crippen LogP contribution in [0.2, 0.25) is 0 Å². The standard InChI is InChI=1S/C60H40/c1-2-14-40-34-59(33-39(40)13-1)54-23-11-9-19-46(54)48-27-25-37(31-56(48)59)52-29-43-30-53(45-18-6-8-22-51(45)58(43)50-21-7-5-17-44(50)52)38-26-28-49-47-20-10-12-24-55(47)60(57(49)32-38)35-41-15-3-4-16-42(41)36-60/h1-32H,33-36H2. The van der Waals surface area contributed by atoms with Gasteiger partial charge in [0, 0.05) is 10.8 Å². The van der Waals surface area contributed by atoms with Crippen molar-refractivity contribution < 1.29 is 0 Å². The zero-order chi connectivity index (χ0) is 39.2. The van der Waals surface area contributed by atoms with Crippen molar-refractivity contribution in [2.45, 2.75) is 36.5 Å². The van der Waals surface area contributed by atoms with Crippen LogP contribution in [0.5, 0.6) is 0 Å². The van der Waals surface area contributed by atoms with E-state index in [0.717, 1.165) is 25.7 Å². The van der Waals surface area contributed by atoms with Crippen molar-refractivity contribution in [3.63, 3.8) is 0 Å². The molecule has 0 heterocycles. The van der Waals surface area contributed by atoms with Crippen LogP contribution in [0.1, 0.15) is 44.5 Å². The highest BCUT2D eigenvalue weighted by Crippen LogP contribution is 2.58. The Morgan fingerprint density at radius 1 is 0.267 bits per heavy atom. The molecule has 0 unspecified atom stereocenters. The molecule has 0 radical (unpaired) electrons. The Bertz CT molecular complexity index is 3230. The Labute approximate surface area is 350 Å². The monoisotopic (exact) mass is 760 g/mol. The number of hydrogen-bond acceptors (Lipinski definition) is 0. The van der Waals surface area contributed by atoms with E-state index in [9.17, 15) is 0 Å². The summed E-state index contributed by atoms with van der Waals surface area (Å²) in [4.78, 5) is 0. The third-order valence-corrected chi connectivity index (χ3v) is 15.2. The van der Waals surface area contributed by atoms with Crippen molar-refractivity contribution in [2.24, 2.45) is 0 Å². The second-order valence-corrected chi connectivity index (χ2v) is 18.1. The summed E-state index contributed by atoms with van der Waals surface area (Å²) in [6.07, 6.45) is 4.18. The maximum atomic E-state index is 2.56. The van der Waals surface area contributed by atoms with Crippen molar-refractivity contribution >= 4 is 32.3 Å². The first kappa shape index (κ1) is 32.9. The van der Waals surface area contributed by atoms with Gasteiger partial charge < -0.3 is 0 Å². The SMILES string of the molecule is c1ccc2c(c1)CC1(C2)c2ccccc2-c2ccc(-c3cc4cc(-c5ccc6c(c5)C5(Cc7ccccc7C5)c5ccccc5-6)c5ccccc5c4c4ccccc34)cc21. The van der Waals surface area contributed by atoms with Crippen LogP contribution in [-0.2, 0) is 36.5 Å². The average molecular weight is 761 g/mol. The zero-order valence-electron chi connectivity index (χ0n) is 33.3. The van der Waals surface area contributed by atoms with Crippen molar-refractivity contribution in [1.29, 1.82) is 0 Å². The van der Waals surface area contributed by atoms with Gasteiger partial charge in [-0.25, -0.2) is 0 Å². The summed E-state index contributed by atoms with van der Waals surface area (Å²) in [6, 6.07) is 74.6. The Morgan fingerprint density at radius 2 is 0.617 bits per heavy atom. The predicted molar refractivity (Wildman–Crippen MR) is 250 cm³/mol. The molecule has 0 atom stereocenters. The molecule has 0 aliphatic heterocycles. The molecule has 0 saturated carbocycles. The van der Waals surface area contributed by atoms with E-state index in [4.69, 9.17) is 0 Å². The molecule has 0 nitrogen and oxygen atoms in total. The second kappa shape index (κ2) is 11.8. The van der Waals surface area contributed by atoms with E-state index < -0.39 is 0 Å². The smallest absolute Gasteiger partial charge is 0.0296 e. The first-order valence-corrected chi connectivity index (χ1v) is 21.7. The van der Waals surface area contributed by atoms with Gasteiger partial charge >= 0.3 is 0 Å². The molecule has 0 fully saturated rings. The molecular formula is C60H40. The molecule has 4 aliphatic carbocycles.